The number of hydrogen-bond donors (Lipinski definition) is 0. The van der Waals surface area contributed by atoms with E-state index < -0.39 is 5.41 Å². The molecule has 0 saturated heterocycles. The van der Waals surface area contributed by atoms with E-state index in [2.05, 4.69) is 102 Å². The summed E-state index contributed by atoms with van der Waals surface area (Å²) in [5.41, 5.74) is 11.0. The standard InChI is InChI=1S/C33H17N3/c34-18-20-13-15-26-25(16-20)22-14-12-21(19-35)17-29(22)33(26)27-8-2-4-11-31(27)36-30-10-3-1-6-23(30)24-7-5-9-28(33)32(24)36/h1-17H. The molecule has 0 bridgehead atoms. The zero-order valence-electron chi connectivity index (χ0n) is 19.2. The third-order valence-electron chi connectivity index (χ3n) is 8.04. The molecule has 0 radical (unpaired) electrons. The van der Waals surface area contributed by atoms with Gasteiger partial charge in [-0.1, -0.05) is 66.7 Å². The first kappa shape index (κ1) is 19.2. The fourth-order valence-corrected chi connectivity index (χ4v) is 6.75. The van der Waals surface area contributed by atoms with E-state index in [1.165, 1.54) is 32.9 Å². The number of hydrogen-bond acceptors (Lipinski definition) is 2. The minimum atomic E-state index is -0.591. The molecular weight excluding hydrogens is 438 g/mol. The monoisotopic (exact) mass is 455 g/mol. The van der Waals surface area contributed by atoms with Crippen molar-refractivity contribution in [2.24, 2.45) is 0 Å². The van der Waals surface area contributed by atoms with Gasteiger partial charge in [-0.05, 0) is 69.8 Å². The summed E-state index contributed by atoms with van der Waals surface area (Å²) >= 11 is 0. The summed E-state index contributed by atoms with van der Waals surface area (Å²) in [4.78, 5) is 0. The fourth-order valence-electron chi connectivity index (χ4n) is 6.75. The molecule has 1 aliphatic heterocycles. The minimum absolute atomic E-state index is 0.591. The molecule has 0 N–H and O–H groups in total. The minimum Gasteiger partial charge on any atom is -0.309 e. The van der Waals surface area contributed by atoms with Gasteiger partial charge in [-0.3, -0.25) is 0 Å². The third-order valence-corrected chi connectivity index (χ3v) is 8.04. The Labute approximate surface area is 207 Å². The molecule has 1 atom stereocenters. The van der Waals surface area contributed by atoms with Crippen LogP contribution in [-0.2, 0) is 5.41 Å². The second-order valence-electron chi connectivity index (χ2n) is 9.57. The molecular formula is C33H17N3. The normalized spacial score (nSPS) is 16.4. The zero-order valence-corrected chi connectivity index (χ0v) is 19.2. The Morgan fingerprint density at radius 2 is 1.28 bits per heavy atom. The Kier molecular flexibility index (Phi) is 3.47. The number of nitrogens with zero attached hydrogens (tertiary/aromatic N) is 3. The van der Waals surface area contributed by atoms with Crippen molar-refractivity contribution in [2.45, 2.75) is 5.41 Å². The van der Waals surface area contributed by atoms with Gasteiger partial charge in [-0.15, -0.1) is 0 Å². The summed E-state index contributed by atoms with van der Waals surface area (Å²) in [6, 6.07) is 40.5. The van der Waals surface area contributed by atoms with Crippen LogP contribution in [-0.4, -0.2) is 4.57 Å². The molecule has 2 aliphatic rings. The van der Waals surface area contributed by atoms with Gasteiger partial charge in [0.1, 0.15) is 0 Å². The van der Waals surface area contributed by atoms with Crippen LogP contribution in [0.2, 0.25) is 0 Å². The molecule has 0 amide bonds. The first-order valence-corrected chi connectivity index (χ1v) is 12.0. The summed E-state index contributed by atoms with van der Waals surface area (Å²) in [5.74, 6) is 0. The molecule has 164 valence electrons. The number of rotatable bonds is 0. The molecule has 3 nitrogen and oxygen atoms in total. The van der Waals surface area contributed by atoms with Gasteiger partial charge in [0.15, 0.2) is 0 Å². The van der Waals surface area contributed by atoms with E-state index in [1.54, 1.807) is 0 Å². The van der Waals surface area contributed by atoms with Crippen molar-refractivity contribution in [3.05, 3.63) is 137 Å². The highest BCUT2D eigenvalue weighted by Gasteiger charge is 2.50. The molecule has 6 aromatic rings. The molecule has 8 rings (SSSR count). The van der Waals surface area contributed by atoms with Crippen LogP contribution in [0.4, 0.5) is 0 Å². The Balaban J connectivity index is 1.67. The molecule has 0 saturated carbocycles. The van der Waals surface area contributed by atoms with Gasteiger partial charge in [0, 0.05) is 10.8 Å². The van der Waals surface area contributed by atoms with Crippen LogP contribution < -0.4 is 0 Å². The second kappa shape index (κ2) is 6.51. The van der Waals surface area contributed by atoms with Crippen LogP contribution in [0.1, 0.15) is 33.4 Å². The van der Waals surface area contributed by atoms with Crippen LogP contribution >= 0.6 is 0 Å². The zero-order chi connectivity index (χ0) is 24.0. The van der Waals surface area contributed by atoms with Gasteiger partial charge in [-0.25, -0.2) is 0 Å². The van der Waals surface area contributed by atoms with Crippen molar-refractivity contribution in [3.63, 3.8) is 0 Å². The highest BCUT2D eigenvalue weighted by Crippen LogP contribution is 2.61. The summed E-state index contributed by atoms with van der Waals surface area (Å²) < 4.78 is 2.40. The molecule has 1 spiro atoms. The third kappa shape index (κ3) is 2.04. The lowest BCUT2D eigenvalue weighted by atomic mass is 9.65. The van der Waals surface area contributed by atoms with E-state index in [1.807, 2.05) is 18.2 Å². The Bertz CT molecular complexity index is 2030. The summed E-state index contributed by atoms with van der Waals surface area (Å²) in [6.07, 6.45) is 0. The van der Waals surface area contributed by atoms with Crippen molar-refractivity contribution >= 4 is 21.8 Å². The van der Waals surface area contributed by atoms with Crippen molar-refractivity contribution in [1.82, 2.24) is 4.57 Å². The van der Waals surface area contributed by atoms with Crippen LogP contribution in [0.5, 0.6) is 0 Å². The maximum absolute atomic E-state index is 9.86. The molecule has 5 aromatic carbocycles. The molecule has 1 aromatic heterocycles. The van der Waals surface area contributed by atoms with E-state index in [0.29, 0.717) is 11.1 Å². The van der Waals surface area contributed by atoms with Gasteiger partial charge in [0.2, 0.25) is 0 Å². The molecule has 0 fully saturated rings. The molecule has 1 unspecified atom stereocenters. The Hall–Kier alpha value is -5.12. The molecule has 36 heavy (non-hydrogen) atoms. The predicted molar refractivity (Wildman–Crippen MR) is 141 cm³/mol. The van der Waals surface area contributed by atoms with Crippen molar-refractivity contribution < 1.29 is 0 Å². The largest absolute Gasteiger partial charge is 0.309 e. The first-order valence-electron chi connectivity index (χ1n) is 12.0. The topological polar surface area (TPSA) is 52.5 Å². The lowest BCUT2D eigenvalue weighted by molar-refractivity contribution is 0.748. The number of nitriles is 2. The van der Waals surface area contributed by atoms with E-state index in [0.717, 1.165) is 27.9 Å². The summed E-state index contributed by atoms with van der Waals surface area (Å²) in [5, 5.41) is 22.0. The number of para-hydroxylation sites is 3. The molecule has 1 aliphatic carbocycles. The van der Waals surface area contributed by atoms with Crippen molar-refractivity contribution in [1.29, 1.82) is 10.5 Å². The first-order chi connectivity index (χ1) is 17.8. The van der Waals surface area contributed by atoms with Crippen LogP contribution in [0.3, 0.4) is 0 Å². The van der Waals surface area contributed by atoms with Gasteiger partial charge < -0.3 is 4.57 Å². The fraction of sp³-hybridized carbons (Fsp3) is 0.0303. The van der Waals surface area contributed by atoms with Gasteiger partial charge in [0.25, 0.3) is 0 Å². The maximum atomic E-state index is 9.86. The number of benzene rings is 5. The van der Waals surface area contributed by atoms with Gasteiger partial charge in [0.05, 0.1) is 45.4 Å². The highest BCUT2D eigenvalue weighted by atomic mass is 15.0. The van der Waals surface area contributed by atoms with Crippen molar-refractivity contribution in [3.8, 4) is 29.0 Å². The average molecular weight is 456 g/mol. The van der Waals surface area contributed by atoms with Gasteiger partial charge in [-0.2, -0.15) is 10.5 Å². The lowest BCUT2D eigenvalue weighted by Crippen LogP contribution is -2.33. The van der Waals surface area contributed by atoms with E-state index in [-0.39, 0.29) is 0 Å². The Morgan fingerprint density at radius 3 is 2.17 bits per heavy atom. The number of aromatic nitrogens is 1. The Morgan fingerprint density at radius 1 is 0.556 bits per heavy atom. The van der Waals surface area contributed by atoms with E-state index >= 15 is 0 Å². The van der Waals surface area contributed by atoms with Crippen LogP contribution in [0.25, 0.3) is 38.6 Å². The van der Waals surface area contributed by atoms with E-state index in [9.17, 15) is 10.5 Å². The quantitative estimate of drug-likeness (QED) is 0.243. The average Bonchev–Trinajstić information content (AvgIpc) is 3.43. The van der Waals surface area contributed by atoms with E-state index in [4.69, 9.17) is 0 Å². The van der Waals surface area contributed by atoms with Gasteiger partial charge >= 0.3 is 0 Å². The highest BCUT2D eigenvalue weighted by molar-refractivity contribution is 6.12. The second-order valence-corrected chi connectivity index (χ2v) is 9.57. The van der Waals surface area contributed by atoms with Crippen LogP contribution in [0, 0.1) is 22.7 Å². The summed E-state index contributed by atoms with van der Waals surface area (Å²) in [6.45, 7) is 0. The number of fused-ring (bicyclic) bond motifs is 12. The smallest absolute Gasteiger partial charge is 0.0991 e. The van der Waals surface area contributed by atoms with Crippen molar-refractivity contribution in [2.75, 3.05) is 0 Å². The van der Waals surface area contributed by atoms with Crippen LogP contribution in [0.15, 0.2) is 103 Å². The predicted octanol–water partition coefficient (Wildman–Crippen LogP) is 7.20. The maximum Gasteiger partial charge on any atom is 0.0991 e. The summed E-state index contributed by atoms with van der Waals surface area (Å²) in [7, 11) is 0. The molecule has 3 heteroatoms. The lowest BCUT2D eigenvalue weighted by Gasteiger charge is -2.39. The molecule has 2 heterocycles. The SMILES string of the molecule is N#Cc1ccc2c(c1)-c1ccc(C#N)cc1C21c2ccccc2-n2c3ccccc3c3cccc1c32.